The minimum atomic E-state index is 0.653. The molecule has 0 saturated heterocycles. The summed E-state index contributed by atoms with van der Waals surface area (Å²) in [5.74, 6) is 0.769. The lowest BCUT2D eigenvalue weighted by Crippen LogP contribution is -1.86. The molecule has 0 atom stereocenters. The Labute approximate surface area is 98.9 Å². The van der Waals surface area contributed by atoms with E-state index in [1.165, 1.54) is 5.56 Å². The Morgan fingerprint density at radius 3 is 2.76 bits per heavy atom. The van der Waals surface area contributed by atoms with Gasteiger partial charge in [0, 0.05) is 5.39 Å². The van der Waals surface area contributed by atoms with Crippen molar-refractivity contribution in [2.24, 2.45) is 0 Å². The highest BCUT2D eigenvalue weighted by atomic mass is 16.3. The van der Waals surface area contributed by atoms with Gasteiger partial charge in [-0.3, -0.25) is 4.98 Å². The van der Waals surface area contributed by atoms with Crippen LogP contribution >= 0.6 is 0 Å². The summed E-state index contributed by atoms with van der Waals surface area (Å²) in [6.45, 7) is 2.04. The minimum Gasteiger partial charge on any atom is -0.454 e. The molecule has 3 rings (SSSR count). The zero-order chi connectivity index (χ0) is 11.8. The van der Waals surface area contributed by atoms with Gasteiger partial charge in [-0.05, 0) is 36.8 Å². The number of aryl methyl sites for hydroxylation is 1. The molecule has 3 nitrogen and oxygen atoms in total. The van der Waals surface area contributed by atoms with E-state index in [0.29, 0.717) is 5.69 Å². The van der Waals surface area contributed by atoms with E-state index in [9.17, 15) is 0 Å². The van der Waals surface area contributed by atoms with E-state index in [0.717, 1.165) is 22.4 Å². The number of aromatic nitrogens is 1. The van der Waals surface area contributed by atoms with Crippen LogP contribution in [0.1, 0.15) is 5.56 Å². The molecule has 0 spiro atoms. The van der Waals surface area contributed by atoms with Gasteiger partial charge in [-0.25, -0.2) is 0 Å². The lowest BCUT2D eigenvalue weighted by Gasteiger charge is -1.95. The second-order valence-electron chi connectivity index (χ2n) is 4.13. The molecule has 0 bridgehead atoms. The highest BCUT2D eigenvalue weighted by Crippen LogP contribution is 2.27. The lowest BCUT2D eigenvalue weighted by molar-refractivity contribution is 0.628. The second kappa shape index (κ2) is 3.63. The molecule has 2 N–H and O–H groups in total. The van der Waals surface area contributed by atoms with Gasteiger partial charge in [0.2, 0.25) is 0 Å². The van der Waals surface area contributed by atoms with Gasteiger partial charge in [0.1, 0.15) is 11.3 Å². The molecule has 0 aliphatic heterocycles. The third-order valence-electron chi connectivity index (χ3n) is 2.71. The minimum absolute atomic E-state index is 0.653. The number of anilines is 1. The number of nitrogens with zero attached hydrogens (tertiary/aromatic N) is 1. The summed E-state index contributed by atoms with van der Waals surface area (Å²) in [7, 11) is 0. The van der Waals surface area contributed by atoms with E-state index < -0.39 is 0 Å². The summed E-state index contributed by atoms with van der Waals surface area (Å²) in [6, 6.07) is 11.8. The highest BCUT2D eigenvalue weighted by Gasteiger charge is 2.06. The van der Waals surface area contributed by atoms with Gasteiger partial charge in [-0.2, -0.15) is 0 Å². The fourth-order valence-electron chi connectivity index (χ4n) is 1.82. The van der Waals surface area contributed by atoms with Crippen molar-refractivity contribution in [1.82, 2.24) is 4.98 Å². The maximum Gasteiger partial charge on any atom is 0.153 e. The number of hydrogen-bond donors (Lipinski definition) is 1. The number of rotatable bonds is 1. The lowest BCUT2D eigenvalue weighted by atomic mass is 10.2. The maximum absolute atomic E-state index is 5.77. The second-order valence-corrected chi connectivity index (χ2v) is 4.13. The van der Waals surface area contributed by atoms with E-state index in [1.54, 1.807) is 6.20 Å². The Bertz CT molecular complexity index is 668. The Morgan fingerprint density at radius 2 is 2.00 bits per heavy atom. The SMILES string of the molecule is Cc1ccc2cc(-c3ccc(N)cn3)oc2c1. The summed E-state index contributed by atoms with van der Waals surface area (Å²) < 4.78 is 5.77. The molecule has 0 aliphatic rings. The number of nitrogens with two attached hydrogens (primary N) is 1. The van der Waals surface area contributed by atoms with Gasteiger partial charge < -0.3 is 10.2 Å². The molecule has 0 amide bonds. The monoisotopic (exact) mass is 224 g/mol. The molecule has 17 heavy (non-hydrogen) atoms. The molecular weight excluding hydrogens is 212 g/mol. The van der Waals surface area contributed by atoms with Crippen molar-refractivity contribution in [3.8, 4) is 11.5 Å². The van der Waals surface area contributed by atoms with Crippen LogP contribution < -0.4 is 5.73 Å². The molecule has 3 aromatic rings. The first-order chi connectivity index (χ1) is 8.22. The van der Waals surface area contributed by atoms with Crippen LogP contribution in [0.15, 0.2) is 47.0 Å². The molecular formula is C14H12N2O. The van der Waals surface area contributed by atoms with Crippen molar-refractivity contribution >= 4 is 16.7 Å². The van der Waals surface area contributed by atoms with Crippen molar-refractivity contribution in [2.75, 3.05) is 5.73 Å². The quantitative estimate of drug-likeness (QED) is 0.689. The van der Waals surface area contributed by atoms with Gasteiger partial charge in [0.05, 0.1) is 11.9 Å². The summed E-state index contributed by atoms with van der Waals surface area (Å²) >= 11 is 0. The fourth-order valence-corrected chi connectivity index (χ4v) is 1.82. The van der Waals surface area contributed by atoms with Crippen LogP contribution in [0.3, 0.4) is 0 Å². The van der Waals surface area contributed by atoms with Crippen LogP contribution in [0.2, 0.25) is 0 Å². The van der Waals surface area contributed by atoms with Gasteiger partial charge >= 0.3 is 0 Å². The first-order valence-corrected chi connectivity index (χ1v) is 5.44. The summed E-state index contributed by atoms with van der Waals surface area (Å²) in [6.07, 6.45) is 1.63. The molecule has 0 saturated carbocycles. The molecule has 0 fully saturated rings. The van der Waals surface area contributed by atoms with Crippen molar-refractivity contribution in [3.05, 3.63) is 48.2 Å². The van der Waals surface area contributed by atoms with Crippen molar-refractivity contribution in [2.45, 2.75) is 6.92 Å². The molecule has 3 heteroatoms. The number of nitrogen functional groups attached to an aromatic ring is 1. The van der Waals surface area contributed by atoms with E-state index in [4.69, 9.17) is 10.2 Å². The van der Waals surface area contributed by atoms with Gasteiger partial charge in [0.15, 0.2) is 5.76 Å². The third-order valence-corrected chi connectivity index (χ3v) is 2.71. The van der Waals surface area contributed by atoms with Crippen LogP contribution in [0, 0.1) is 6.92 Å². The molecule has 84 valence electrons. The number of pyridine rings is 1. The van der Waals surface area contributed by atoms with Crippen molar-refractivity contribution in [1.29, 1.82) is 0 Å². The molecule has 0 aliphatic carbocycles. The Hall–Kier alpha value is -2.29. The van der Waals surface area contributed by atoms with Gasteiger partial charge in [-0.1, -0.05) is 12.1 Å². The molecule has 1 aromatic carbocycles. The first-order valence-electron chi connectivity index (χ1n) is 5.44. The number of fused-ring (bicyclic) bond motifs is 1. The van der Waals surface area contributed by atoms with Crippen LogP contribution in [-0.4, -0.2) is 4.98 Å². The molecule has 0 unspecified atom stereocenters. The van der Waals surface area contributed by atoms with Crippen molar-refractivity contribution in [3.63, 3.8) is 0 Å². The van der Waals surface area contributed by atoms with Crippen LogP contribution in [0.25, 0.3) is 22.4 Å². The number of benzene rings is 1. The van der Waals surface area contributed by atoms with E-state index in [1.807, 2.05) is 31.2 Å². The zero-order valence-electron chi connectivity index (χ0n) is 9.47. The van der Waals surface area contributed by atoms with E-state index in [2.05, 4.69) is 17.1 Å². The Balaban J connectivity index is 2.14. The number of furan rings is 1. The average Bonchev–Trinajstić information content (AvgIpc) is 2.72. The normalized spacial score (nSPS) is 10.9. The molecule has 0 radical (unpaired) electrons. The number of hydrogen-bond acceptors (Lipinski definition) is 3. The molecule has 2 heterocycles. The van der Waals surface area contributed by atoms with E-state index in [-0.39, 0.29) is 0 Å². The smallest absolute Gasteiger partial charge is 0.153 e. The average molecular weight is 224 g/mol. The Kier molecular flexibility index (Phi) is 2.11. The highest BCUT2D eigenvalue weighted by molar-refractivity contribution is 5.82. The summed E-state index contributed by atoms with van der Waals surface area (Å²) in [5.41, 5.74) is 9.13. The first kappa shape index (κ1) is 9.90. The summed E-state index contributed by atoms with van der Waals surface area (Å²) in [5, 5.41) is 1.09. The topological polar surface area (TPSA) is 52.0 Å². The van der Waals surface area contributed by atoms with E-state index >= 15 is 0 Å². The maximum atomic E-state index is 5.77. The predicted molar refractivity (Wildman–Crippen MR) is 68.6 cm³/mol. The summed E-state index contributed by atoms with van der Waals surface area (Å²) in [4.78, 5) is 4.25. The van der Waals surface area contributed by atoms with Crippen molar-refractivity contribution < 1.29 is 4.42 Å². The largest absolute Gasteiger partial charge is 0.454 e. The Morgan fingerprint density at radius 1 is 1.12 bits per heavy atom. The van der Waals surface area contributed by atoms with Gasteiger partial charge in [-0.15, -0.1) is 0 Å². The molecule has 2 aromatic heterocycles. The predicted octanol–water partition coefficient (Wildman–Crippen LogP) is 3.39. The fraction of sp³-hybridized carbons (Fsp3) is 0.0714. The van der Waals surface area contributed by atoms with Crippen LogP contribution in [0.5, 0.6) is 0 Å². The third kappa shape index (κ3) is 1.76. The zero-order valence-corrected chi connectivity index (χ0v) is 9.47. The van der Waals surface area contributed by atoms with Gasteiger partial charge in [0.25, 0.3) is 0 Å². The van der Waals surface area contributed by atoms with Crippen LogP contribution in [-0.2, 0) is 0 Å². The van der Waals surface area contributed by atoms with Crippen LogP contribution in [0.4, 0.5) is 5.69 Å². The standard InChI is InChI=1S/C14H12N2O/c1-9-2-3-10-7-14(17-13(10)6-9)12-5-4-11(15)8-16-12/h2-8H,15H2,1H3.